The van der Waals surface area contributed by atoms with Crippen LogP contribution in [0.4, 0.5) is 9.18 Å². The number of rotatable bonds is 8. The summed E-state index contributed by atoms with van der Waals surface area (Å²) >= 11 is 0. The maximum atomic E-state index is 13.5. The van der Waals surface area contributed by atoms with Gasteiger partial charge in [-0.3, -0.25) is 0 Å². The van der Waals surface area contributed by atoms with E-state index in [-0.39, 0.29) is 24.5 Å². The molecule has 2 aliphatic rings. The third-order valence-electron chi connectivity index (χ3n) is 6.59. The van der Waals surface area contributed by atoms with Crippen LogP contribution in [0, 0.1) is 11.7 Å². The summed E-state index contributed by atoms with van der Waals surface area (Å²) in [6.07, 6.45) is 8.34. The molecule has 2 atom stereocenters. The summed E-state index contributed by atoms with van der Waals surface area (Å²) in [5.41, 5.74) is -0.117. The predicted molar refractivity (Wildman–Crippen MR) is 114 cm³/mol. The first-order valence-corrected chi connectivity index (χ1v) is 12.8. The van der Waals surface area contributed by atoms with Crippen molar-refractivity contribution in [2.24, 2.45) is 5.92 Å². The van der Waals surface area contributed by atoms with Crippen LogP contribution in [0.1, 0.15) is 63.9 Å². The molecule has 1 amide bonds. The SMILES string of the molecule is C[C@@H](C1CCCCC1)N1CC[C@](CCCNS(C)(=O)=O)(c2ccc(F)cc2)OC1=O. The van der Waals surface area contributed by atoms with E-state index < -0.39 is 15.6 Å². The fraction of sp³-hybridized carbons (Fsp3) is 0.682. The van der Waals surface area contributed by atoms with E-state index in [1.807, 2.05) is 4.90 Å². The van der Waals surface area contributed by atoms with Crippen LogP contribution in [0.3, 0.4) is 0 Å². The predicted octanol–water partition coefficient (Wildman–Crippen LogP) is 4.16. The number of hydrogen-bond acceptors (Lipinski definition) is 4. The molecule has 1 aliphatic heterocycles. The zero-order valence-corrected chi connectivity index (χ0v) is 18.7. The Morgan fingerprint density at radius 3 is 2.50 bits per heavy atom. The quantitative estimate of drug-likeness (QED) is 0.616. The first-order chi connectivity index (χ1) is 14.2. The van der Waals surface area contributed by atoms with Gasteiger partial charge in [0.15, 0.2) is 0 Å². The van der Waals surface area contributed by atoms with Crippen molar-refractivity contribution >= 4 is 16.1 Å². The molecule has 1 saturated carbocycles. The number of carbonyl (C=O) groups excluding carboxylic acids is 1. The second-order valence-corrected chi connectivity index (χ2v) is 10.6. The molecule has 1 aromatic rings. The van der Waals surface area contributed by atoms with Crippen molar-refractivity contribution in [3.05, 3.63) is 35.6 Å². The highest BCUT2D eigenvalue weighted by molar-refractivity contribution is 7.88. The minimum atomic E-state index is -3.28. The third kappa shape index (κ3) is 5.72. The van der Waals surface area contributed by atoms with E-state index >= 15 is 0 Å². The Bertz CT molecular complexity index is 824. The smallest absolute Gasteiger partial charge is 0.410 e. The number of hydrogen-bond donors (Lipinski definition) is 1. The van der Waals surface area contributed by atoms with E-state index in [9.17, 15) is 17.6 Å². The molecule has 1 aromatic carbocycles. The molecule has 1 saturated heterocycles. The maximum Gasteiger partial charge on any atom is 0.410 e. The normalized spacial score (nSPS) is 24.5. The molecule has 0 spiro atoms. The molecule has 1 N–H and O–H groups in total. The average molecular weight is 441 g/mol. The van der Waals surface area contributed by atoms with Gasteiger partial charge >= 0.3 is 6.09 Å². The Morgan fingerprint density at radius 1 is 1.23 bits per heavy atom. The summed E-state index contributed by atoms with van der Waals surface area (Å²) in [6, 6.07) is 6.20. The van der Waals surface area contributed by atoms with E-state index in [0.29, 0.717) is 31.7 Å². The maximum absolute atomic E-state index is 13.5. The largest absolute Gasteiger partial charge is 0.438 e. The van der Waals surface area contributed by atoms with E-state index in [4.69, 9.17) is 4.74 Å². The molecule has 1 heterocycles. The molecule has 3 rings (SSSR count). The lowest BCUT2D eigenvalue weighted by Crippen LogP contribution is -2.53. The van der Waals surface area contributed by atoms with Crippen LogP contribution in [-0.4, -0.2) is 44.8 Å². The fourth-order valence-electron chi connectivity index (χ4n) is 4.82. The van der Waals surface area contributed by atoms with Gasteiger partial charge in [-0.05, 0) is 56.2 Å². The summed E-state index contributed by atoms with van der Waals surface area (Å²) in [4.78, 5) is 14.9. The van der Waals surface area contributed by atoms with E-state index in [1.54, 1.807) is 12.1 Å². The van der Waals surface area contributed by atoms with Crippen LogP contribution >= 0.6 is 0 Å². The monoisotopic (exact) mass is 440 g/mol. The van der Waals surface area contributed by atoms with Gasteiger partial charge in [-0.1, -0.05) is 31.4 Å². The van der Waals surface area contributed by atoms with Gasteiger partial charge in [-0.2, -0.15) is 0 Å². The molecule has 168 valence electrons. The minimum Gasteiger partial charge on any atom is -0.438 e. The zero-order valence-electron chi connectivity index (χ0n) is 17.9. The summed E-state index contributed by atoms with van der Waals surface area (Å²) in [7, 11) is -3.28. The molecule has 0 aromatic heterocycles. The molecular weight excluding hydrogens is 407 g/mol. The molecule has 8 heteroatoms. The van der Waals surface area contributed by atoms with Crippen LogP contribution in [0.25, 0.3) is 0 Å². The summed E-state index contributed by atoms with van der Waals surface area (Å²) in [6.45, 7) is 2.95. The van der Waals surface area contributed by atoms with Crippen molar-refractivity contribution in [2.45, 2.75) is 69.9 Å². The molecule has 2 fully saturated rings. The highest BCUT2D eigenvalue weighted by Crippen LogP contribution is 2.40. The van der Waals surface area contributed by atoms with Gasteiger partial charge in [0.2, 0.25) is 10.0 Å². The van der Waals surface area contributed by atoms with Crippen molar-refractivity contribution < 1.29 is 22.3 Å². The number of ether oxygens (including phenoxy) is 1. The van der Waals surface area contributed by atoms with Crippen LogP contribution in [0.15, 0.2) is 24.3 Å². The molecule has 0 bridgehead atoms. The van der Waals surface area contributed by atoms with Crippen molar-refractivity contribution in [2.75, 3.05) is 19.3 Å². The third-order valence-corrected chi connectivity index (χ3v) is 7.32. The van der Waals surface area contributed by atoms with Crippen molar-refractivity contribution in [3.8, 4) is 0 Å². The molecule has 30 heavy (non-hydrogen) atoms. The number of amides is 1. The number of halogens is 1. The molecule has 0 radical (unpaired) electrons. The van der Waals surface area contributed by atoms with Gasteiger partial charge in [0.05, 0.1) is 6.26 Å². The number of cyclic esters (lactones) is 1. The molecular formula is C22H33FN2O4S. The lowest BCUT2D eigenvalue weighted by Gasteiger charge is -2.45. The van der Waals surface area contributed by atoms with Gasteiger partial charge in [0.25, 0.3) is 0 Å². The summed E-state index contributed by atoms with van der Waals surface area (Å²) in [5.74, 6) is 0.158. The summed E-state index contributed by atoms with van der Waals surface area (Å²) in [5, 5.41) is 0. The topological polar surface area (TPSA) is 75.7 Å². The average Bonchev–Trinajstić information content (AvgIpc) is 2.71. The van der Waals surface area contributed by atoms with Gasteiger partial charge in [0.1, 0.15) is 11.4 Å². The Hall–Kier alpha value is -1.67. The lowest BCUT2D eigenvalue weighted by atomic mass is 9.82. The standard InChI is InChI=1S/C22H33FN2O4S/c1-17(18-7-4-3-5-8-18)25-16-14-22(29-21(25)26,13-6-15-24-30(2,27)28)19-9-11-20(23)12-10-19/h9-12,17-18,24H,3-8,13-16H2,1-2H3/t17-,22+/m0/s1. The highest BCUT2D eigenvalue weighted by atomic mass is 32.2. The van der Waals surface area contributed by atoms with Crippen LogP contribution in [-0.2, 0) is 20.4 Å². The molecule has 1 aliphatic carbocycles. The van der Waals surface area contributed by atoms with E-state index in [1.165, 1.54) is 31.4 Å². The summed E-state index contributed by atoms with van der Waals surface area (Å²) < 4.78 is 44.7. The Morgan fingerprint density at radius 2 is 1.90 bits per heavy atom. The Kier molecular flexibility index (Phi) is 7.39. The second-order valence-electron chi connectivity index (χ2n) is 8.72. The minimum absolute atomic E-state index is 0.135. The fourth-order valence-corrected chi connectivity index (χ4v) is 5.33. The van der Waals surface area contributed by atoms with E-state index in [0.717, 1.165) is 24.7 Å². The second kappa shape index (κ2) is 9.64. The Balaban J connectivity index is 1.73. The molecule has 0 unspecified atom stereocenters. The van der Waals surface area contributed by atoms with Crippen molar-refractivity contribution in [3.63, 3.8) is 0 Å². The van der Waals surface area contributed by atoms with E-state index in [2.05, 4.69) is 11.6 Å². The molecule has 6 nitrogen and oxygen atoms in total. The van der Waals surface area contributed by atoms with Crippen molar-refractivity contribution in [1.82, 2.24) is 9.62 Å². The van der Waals surface area contributed by atoms with Gasteiger partial charge in [-0.25, -0.2) is 22.3 Å². The van der Waals surface area contributed by atoms with Gasteiger partial charge in [0, 0.05) is 25.6 Å². The number of nitrogens with one attached hydrogen (secondary N) is 1. The number of carbonyl (C=O) groups is 1. The zero-order chi connectivity index (χ0) is 21.8. The van der Waals surface area contributed by atoms with Crippen molar-refractivity contribution in [1.29, 1.82) is 0 Å². The first kappa shape index (κ1) is 23.0. The number of nitrogens with zero attached hydrogens (tertiary/aromatic N) is 1. The lowest BCUT2D eigenvalue weighted by molar-refractivity contribution is -0.0715. The highest BCUT2D eigenvalue weighted by Gasteiger charge is 2.44. The Labute approximate surface area is 179 Å². The number of sulfonamides is 1. The number of benzene rings is 1. The van der Waals surface area contributed by atoms with Gasteiger partial charge in [-0.15, -0.1) is 0 Å². The van der Waals surface area contributed by atoms with Crippen LogP contribution in [0.5, 0.6) is 0 Å². The van der Waals surface area contributed by atoms with Gasteiger partial charge < -0.3 is 9.64 Å². The van der Waals surface area contributed by atoms with Crippen LogP contribution < -0.4 is 4.72 Å². The van der Waals surface area contributed by atoms with Crippen LogP contribution in [0.2, 0.25) is 0 Å². The first-order valence-electron chi connectivity index (χ1n) is 10.9.